The summed E-state index contributed by atoms with van der Waals surface area (Å²) in [5, 5.41) is 5.11. The topological polar surface area (TPSA) is 89.7 Å². The zero-order chi connectivity index (χ0) is 14.5. The molecule has 1 amide bonds. The Kier molecular flexibility index (Phi) is 5.46. The van der Waals surface area contributed by atoms with Crippen molar-refractivity contribution in [2.45, 2.75) is 11.8 Å². The first-order valence-corrected chi connectivity index (χ1v) is 7.36. The summed E-state index contributed by atoms with van der Waals surface area (Å²) < 4.78 is 27.9. The van der Waals surface area contributed by atoms with Crippen LogP contribution in [0.4, 0.5) is 0 Å². The first-order chi connectivity index (χ1) is 8.91. The van der Waals surface area contributed by atoms with Crippen LogP contribution in [0.3, 0.4) is 0 Å². The number of benzene rings is 1. The fourth-order valence-electron chi connectivity index (χ4n) is 1.67. The summed E-state index contributed by atoms with van der Waals surface area (Å²) in [4.78, 5) is 13.7. The second kappa shape index (κ2) is 6.65. The second-order valence-corrected chi connectivity index (χ2v) is 5.45. The molecule has 0 radical (unpaired) electrons. The molecule has 0 bridgehead atoms. The average Bonchev–Trinajstić information content (AvgIpc) is 2.38. The maximum atomic E-state index is 12.3. The number of likely N-dealkylation sites (N-methyl/N-ethyl adjacent to an activating group) is 1. The van der Waals surface area contributed by atoms with Gasteiger partial charge in [0.25, 0.3) is 5.91 Å². The Morgan fingerprint density at radius 1 is 1.37 bits per heavy atom. The third-order valence-corrected chi connectivity index (χ3v) is 3.63. The van der Waals surface area contributed by atoms with Gasteiger partial charge in [0.2, 0.25) is 10.0 Å². The zero-order valence-corrected chi connectivity index (χ0v) is 11.8. The Labute approximate surface area is 113 Å². The molecule has 0 saturated heterocycles. The van der Waals surface area contributed by atoms with Crippen molar-refractivity contribution in [1.82, 2.24) is 4.90 Å². The van der Waals surface area contributed by atoms with Crippen LogP contribution < -0.4 is 5.14 Å². The molecule has 0 fully saturated rings. The number of hydrogen-bond acceptors (Lipinski definition) is 4. The van der Waals surface area contributed by atoms with E-state index in [9.17, 15) is 13.2 Å². The molecule has 6 nitrogen and oxygen atoms in total. The Bertz CT molecular complexity index is 542. The third-order valence-electron chi connectivity index (χ3n) is 2.66. The van der Waals surface area contributed by atoms with Crippen molar-refractivity contribution in [1.29, 1.82) is 0 Å². The molecule has 0 saturated carbocycles. The highest BCUT2D eigenvalue weighted by Gasteiger charge is 2.22. The van der Waals surface area contributed by atoms with Crippen LogP contribution in [0.1, 0.15) is 17.3 Å². The van der Waals surface area contributed by atoms with Crippen molar-refractivity contribution in [3.05, 3.63) is 29.8 Å². The number of primary sulfonamides is 1. The Morgan fingerprint density at radius 2 is 2.00 bits per heavy atom. The lowest BCUT2D eigenvalue weighted by Gasteiger charge is -2.21. The van der Waals surface area contributed by atoms with Crippen LogP contribution in [-0.2, 0) is 14.8 Å². The molecule has 1 rings (SSSR count). The average molecular weight is 286 g/mol. The molecule has 2 N–H and O–H groups in total. The van der Waals surface area contributed by atoms with E-state index in [1.807, 2.05) is 6.92 Å². The lowest BCUT2D eigenvalue weighted by molar-refractivity contribution is 0.0702. The van der Waals surface area contributed by atoms with Crippen molar-refractivity contribution < 1.29 is 17.9 Å². The first-order valence-electron chi connectivity index (χ1n) is 5.81. The smallest absolute Gasteiger partial charge is 0.255 e. The minimum absolute atomic E-state index is 0.0861. The van der Waals surface area contributed by atoms with Gasteiger partial charge in [-0.15, -0.1) is 0 Å². The minimum atomic E-state index is -3.92. The molecule has 0 aliphatic carbocycles. The normalized spacial score (nSPS) is 11.3. The molecule has 0 unspecified atom stereocenters. The van der Waals surface area contributed by atoms with Gasteiger partial charge in [0.15, 0.2) is 0 Å². The van der Waals surface area contributed by atoms with Crippen LogP contribution in [0, 0.1) is 0 Å². The van der Waals surface area contributed by atoms with E-state index < -0.39 is 10.0 Å². The van der Waals surface area contributed by atoms with E-state index >= 15 is 0 Å². The molecule has 0 atom stereocenters. The van der Waals surface area contributed by atoms with Gasteiger partial charge < -0.3 is 9.64 Å². The highest BCUT2D eigenvalue weighted by Crippen LogP contribution is 2.16. The van der Waals surface area contributed by atoms with E-state index in [0.717, 1.165) is 0 Å². The number of methoxy groups -OCH3 is 1. The largest absolute Gasteiger partial charge is 0.383 e. The van der Waals surface area contributed by atoms with Crippen LogP contribution in [-0.4, -0.2) is 46.0 Å². The summed E-state index contributed by atoms with van der Waals surface area (Å²) in [7, 11) is -2.38. The van der Waals surface area contributed by atoms with E-state index in [4.69, 9.17) is 9.88 Å². The first kappa shape index (κ1) is 15.6. The predicted molar refractivity (Wildman–Crippen MR) is 71.3 cm³/mol. The van der Waals surface area contributed by atoms with Crippen LogP contribution in [0.25, 0.3) is 0 Å². The van der Waals surface area contributed by atoms with Crippen LogP contribution in [0.2, 0.25) is 0 Å². The van der Waals surface area contributed by atoms with Gasteiger partial charge in [0.05, 0.1) is 17.1 Å². The molecule has 0 spiro atoms. The maximum absolute atomic E-state index is 12.3. The van der Waals surface area contributed by atoms with Crippen LogP contribution >= 0.6 is 0 Å². The number of hydrogen-bond donors (Lipinski definition) is 1. The molecule has 7 heteroatoms. The minimum Gasteiger partial charge on any atom is -0.383 e. The molecular weight excluding hydrogens is 268 g/mol. The number of rotatable bonds is 6. The fourth-order valence-corrected chi connectivity index (χ4v) is 2.40. The van der Waals surface area contributed by atoms with Gasteiger partial charge in [-0.2, -0.15) is 0 Å². The number of amides is 1. The van der Waals surface area contributed by atoms with E-state index in [0.29, 0.717) is 19.7 Å². The van der Waals surface area contributed by atoms with Gasteiger partial charge in [-0.05, 0) is 19.1 Å². The van der Waals surface area contributed by atoms with Crippen molar-refractivity contribution in [3.8, 4) is 0 Å². The molecule has 0 aliphatic rings. The van der Waals surface area contributed by atoms with Gasteiger partial charge in [-0.1, -0.05) is 12.1 Å². The van der Waals surface area contributed by atoms with Crippen LogP contribution in [0.15, 0.2) is 29.2 Å². The summed E-state index contributed by atoms with van der Waals surface area (Å²) in [5.41, 5.74) is 0.0861. The van der Waals surface area contributed by atoms with E-state index in [1.165, 1.54) is 30.2 Å². The lowest BCUT2D eigenvalue weighted by atomic mass is 10.2. The van der Waals surface area contributed by atoms with Crippen molar-refractivity contribution >= 4 is 15.9 Å². The lowest BCUT2D eigenvalue weighted by Crippen LogP contribution is -2.35. The molecule has 106 valence electrons. The maximum Gasteiger partial charge on any atom is 0.255 e. The number of carbonyl (C=O) groups excluding carboxylic acids is 1. The van der Waals surface area contributed by atoms with Crippen molar-refractivity contribution in [3.63, 3.8) is 0 Å². The SMILES string of the molecule is CCN(CCOC)C(=O)c1ccccc1S(N)(=O)=O. The van der Waals surface area contributed by atoms with Crippen LogP contribution in [0.5, 0.6) is 0 Å². The molecular formula is C12H18N2O4S. The fraction of sp³-hybridized carbons (Fsp3) is 0.417. The Morgan fingerprint density at radius 3 is 2.53 bits per heavy atom. The van der Waals surface area contributed by atoms with E-state index in [1.54, 1.807) is 6.07 Å². The van der Waals surface area contributed by atoms with Gasteiger partial charge in [0.1, 0.15) is 0 Å². The third kappa shape index (κ3) is 4.02. The monoisotopic (exact) mass is 286 g/mol. The van der Waals surface area contributed by atoms with Gasteiger partial charge in [-0.25, -0.2) is 13.6 Å². The summed E-state index contributed by atoms with van der Waals surface area (Å²) in [5.74, 6) is -0.371. The molecule has 1 aromatic rings. The molecule has 0 aromatic heterocycles. The molecule has 0 heterocycles. The number of sulfonamides is 1. The summed E-state index contributed by atoms with van der Waals surface area (Å²) in [6.07, 6.45) is 0. The van der Waals surface area contributed by atoms with E-state index in [2.05, 4.69) is 0 Å². The Hall–Kier alpha value is -1.44. The highest BCUT2D eigenvalue weighted by molar-refractivity contribution is 7.89. The summed E-state index contributed by atoms with van der Waals surface area (Å²) >= 11 is 0. The Balaban J connectivity index is 3.12. The number of ether oxygens (including phenoxy) is 1. The number of nitrogens with zero attached hydrogens (tertiary/aromatic N) is 1. The zero-order valence-electron chi connectivity index (χ0n) is 11.0. The number of carbonyl (C=O) groups is 1. The van der Waals surface area contributed by atoms with Crippen molar-refractivity contribution in [2.24, 2.45) is 5.14 Å². The number of nitrogens with two attached hydrogens (primary N) is 1. The standard InChI is InChI=1S/C12H18N2O4S/c1-3-14(8-9-18-2)12(15)10-6-4-5-7-11(10)19(13,16)17/h4-7H,3,8-9H2,1-2H3,(H2,13,16,17). The predicted octanol–water partition coefficient (Wildman–Crippen LogP) is 0.443. The summed E-state index contributed by atoms with van der Waals surface area (Å²) in [6.45, 7) is 3.05. The quantitative estimate of drug-likeness (QED) is 0.821. The van der Waals surface area contributed by atoms with Gasteiger partial charge in [-0.3, -0.25) is 4.79 Å². The van der Waals surface area contributed by atoms with E-state index in [-0.39, 0.29) is 16.4 Å². The highest BCUT2D eigenvalue weighted by atomic mass is 32.2. The van der Waals surface area contributed by atoms with Gasteiger partial charge in [0, 0.05) is 20.2 Å². The van der Waals surface area contributed by atoms with Crippen molar-refractivity contribution in [2.75, 3.05) is 26.8 Å². The summed E-state index contributed by atoms with van der Waals surface area (Å²) in [6, 6.07) is 5.91. The molecule has 1 aromatic carbocycles. The van der Waals surface area contributed by atoms with Gasteiger partial charge >= 0.3 is 0 Å². The molecule has 19 heavy (non-hydrogen) atoms. The molecule has 0 aliphatic heterocycles. The second-order valence-electron chi connectivity index (χ2n) is 3.92.